The molecule has 1 unspecified atom stereocenters. The van der Waals surface area contributed by atoms with Crippen molar-refractivity contribution in [2.75, 3.05) is 6.61 Å². The smallest absolute Gasteiger partial charge is 0.0855 e. The summed E-state index contributed by atoms with van der Waals surface area (Å²) >= 11 is 0. The molecule has 1 fully saturated rings. The first-order chi connectivity index (χ1) is 4.65. The lowest BCUT2D eigenvalue weighted by Gasteiger charge is -2.33. The van der Waals surface area contributed by atoms with E-state index < -0.39 is 0 Å². The lowest BCUT2D eigenvalue weighted by atomic mass is 10.1. The molecule has 0 aromatic rings. The molecule has 1 aliphatic rings. The minimum Gasteiger partial charge on any atom is -0.400 e. The Morgan fingerprint density at radius 3 is 2.60 bits per heavy atom. The predicted octanol–water partition coefficient (Wildman–Crippen LogP) is -0.279. The van der Waals surface area contributed by atoms with E-state index in [4.69, 9.17) is 10.5 Å². The van der Waals surface area contributed by atoms with Gasteiger partial charge in [-0.2, -0.15) is 0 Å². The average molecular weight is 157 g/mol. The largest absolute Gasteiger partial charge is 0.400 e. The van der Waals surface area contributed by atoms with Gasteiger partial charge in [-0.3, -0.25) is 0 Å². The van der Waals surface area contributed by atoms with Gasteiger partial charge in [0.05, 0.1) is 15.5 Å². The van der Waals surface area contributed by atoms with Crippen LogP contribution < -0.4 is 5.73 Å². The second kappa shape index (κ2) is 2.76. The third kappa shape index (κ3) is 1.41. The van der Waals surface area contributed by atoms with E-state index in [1.807, 2.05) is 0 Å². The minimum atomic E-state index is -0.0990. The van der Waals surface area contributed by atoms with E-state index >= 15 is 0 Å². The fraction of sp³-hybridized carbons (Fsp3) is 0.714. The molecule has 2 nitrogen and oxygen atoms in total. The van der Waals surface area contributed by atoms with Crippen molar-refractivity contribution in [1.82, 2.24) is 0 Å². The van der Waals surface area contributed by atoms with Gasteiger partial charge in [0.15, 0.2) is 0 Å². The summed E-state index contributed by atoms with van der Waals surface area (Å²) in [6, 6.07) is 0. The molecule has 0 saturated carbocycles. The van der Waals surface area contributed by atoms with Crippen molar-refractivity contribution in [2.24, 2.45) is 5.73 Å². The summed E-state index contributed by atoms with van der Waals surface area (Å²) in [5.74, 6) is 0. The van der Waals surface area contributed by atoms with Gasteiger partial charge in [-0.1, -0.05) is 6.58 Å². The van der Waals surface area contributed by atoms with Gasteiger partial charge in [0.25, 0.3) is 0 Å². The number of hydrogen-bond acceptors (Lipinski definition) is 2. The maximum Gasteiger partial charge on any atom is 0.0855 e. The number of rotatable bonds is 1. The molecule has 1 atom stereocenters. The Labute approximate surface area is 64.9 Å². The Morgan fingerprint density at radius 1 is 1.60 bits per heavy atom. The second-order valence-electron chi connectivity index (χ2n) is 3.06. The van der Waals surface area contributed by atoms with Crippen molar-refractivity contribution >= 4 is 10.2 Å². The van der Waals surface area contributed by atoms with Crippen molar-refractivity contribution in [1.29, 1.82) is 0 Å². The normalized spacial score (nSPS) is 34.0. The van der Waals surface area contributed by atoms with Crippen LogP contribution in [0.4, 0.5) is 0 Å². The van der Waals surface area contributed by atoms with Crippen LogP contribution in [0, 0.1) is 0 Å². The standard InChI is InChI=1S/C7H15NOSi/c1-6(8)7(10)4-2-3-5-9-7/h1-5,8H2,10H3. The summed E-state index contributed by atoms with van der Waals surface area (Å²) in [5.41, 5.74) is 6.34. The van der Waals surface area contributed by atoms with Gasteiger partial charge in [0.1, 0.15) is 0 Å². The fourth-order valence-corrected chi connectivity index (χ4v) is 1.74. The van der Waals surface area contributed by atoms with Crippen LogP contribution in [0.15, 0.2) is 12.3 Å². The Hall–Kier alpha value is -0.283. The van der Waals surface area contributed by atoms with Crippen molar-refractivity contribution in [3.8, 4) is 0 Å². The van der Waals surface area contributed by atoms with Crippen LogP contribution in [-0.2, 0) is 4.74 Å². The number of hydrogen-bond donors (Lipinski definition) is 1. The molecule has 0 spiro atoms. The fourth-order valence-electron chi connectivity index (χ4n) is 1.19. The Kier molecular flexibility index (Phi) is 2.16. The van der Waals surface area contributed by atoms with Gasteiger partial charge in [0.2, 0.25) is 0 Å². The molecule has 2 N–H and O–H groups in total. The molecule has 1 rings (SSSR count). The van der Waals surface area contributed by atoms with E-state index in [0.29, 0.717) is 0 Å². The molecular weight excluding hydrogens is 142 g/mol. The lowest BCUT2D eigenvalue weighted by Crippen LogP contribution is -2.41. The average Bonchev–Trinajstić information content (AvgIpc) is 1.89. The maximum absolute atomic E-state index is 5.62. The van der Waals surface area contributed by atoms with Crippen LogP contribution in [0.3, 0.4) is 0 Å². The molecule has 1 aliphatic heterocycles. The molecule has 1 heterocycles. The molecule has 0 radical (unpaired) electrons. The van der Waals surface area contributed by atoms with Crippen molar-refractivity contribution in [3.63, 3.8) is 0 Å². The van der Waals surface area contributed by atoms with Crippen molar-refractivity contribution in [2.45, 2.75) is 24.5 Å². The third-order valence-electron chi connectivity index (χ3n) is 2.15. The molecule has 0 aliphatic carbocycles. The summed E-state index contributed by atoms with van der Waals surface area (Å²) in [4.78, 5) is 0. The predicted molar refractivity (Wildman–Crippen MR) is 45.8 cm³/mol. The van der Waals surface area contributed by atoms with Gasteiger partial charge in [-0.25, -0.2) is 0 Å². The molecule has 3 heteroatoms. The van der Waals surface area contributed by atoms with E-state index in [1.54, 1.807) is 0 Å². The zero-order valence-electron chi connectivity index (χ0n) is 6.52. The van der Waals surface area contributed by atoms with E-state index in [9.17, 15) is 0 Å². The van der Waals surface area contributed by atoms with Crippen LogP contribution >= 0.6 is 0 Å². The zero-order valence-corrected chi connectivity index (χ0v) is 8.52. The number of ether oxygens (including phenoxy) is 1. The molecule has 0 amide bonds. The topological polar surface area (TPSA) is 35.2 Å². The van der Waals surface area contributed by atoms with Crippen LogP contribution in [0.5, 0.6) is 0 Å². The second-order valence-corrected chi connectivity index (χ2v) is 4.68. The first-order valence-electron chi connectivity index (χ1n) is 3.74. The maximum atomic E-state index is 5.62. The highest BCUT2D eigenvalue weighted by Gasteiger charge is 2.28. The molecule has 0 aromatic heterocycles. The summed E-state index contributed by atoms with van der Waals surface area (Å²) in [6.07, 6.45) is 3.49. The monoisotopic (exact) mass is 157 g/mol. The van der Waals surface area contributed by atoms with Gasteiger partial charge in [0, 0.05) is 12.3 Å². The summed E-state index contributed by atoms with van der Waals surface area (Å²) < 4.78 is 5.56. The molecule has 0 aromatic carbocycles. The zero-order chi connectivity index (χ0) is 7.61. The van der Waals surface area contributed by atoms with Crippen LogP contribution in [0.2, 0.25) is 0 Å². The first kappa shape index (κ1) is 7.82. The van der Waals surface area contributed by atoms with E-state index in [-0.39, 0.29) is 5.22 Å². The molecule has 1 saturated heterocycles. The molecule has 58 valence electrons. The summed E-state index contributed by atoms with van der Waals surface area (Å²) in [5, 5.41) is -0.0990. The quantitative estimate of drug-likeness (QED) is 0.531. The van der Waals surface area contributed by atoms with Crippen molar-refractivity contribution in [3.05, 3.63) is 12.3 Å². The van der Waals surface area contributed by atoms with Gasteiger partial charge >= 0.3 is 0 Å². The van der Waals surface area contributed by atoms with Crippen molar-refractivity contribution < 1.29 is 4.74 Å². The highest BCUT2D eigenvalue weighted by molar-refractivity contribution is 6.16. The van der Waals surface area contributed by atoms with Crippen LogP contribution in [0.25, 0.3) is 0 Å². The van der Waals surface area contributed by atoms with Crippen LogP contribution in [-0.4, -0.2) is 22.1 Å². The highest BCUT2D eigenvalue weighted by Crippen LogP contribution is 2.24. The van der Waals surface area contributed by atoms with Crippen LogP contribution in [0.1, 0.15) is 19.3 Å². The number of nitrogens with two attached hydrogens (primary N) is 1. The van der Waals surface area contributed by atoms with Gasteiger partial charge in [-0.05, 0) is 19.3 Å². The molecule has 10 heavy (non-hydrogen) atoms. The van der Waals surface area contributed by atoms with Gasteiger partial charge < -0.3 is 10.5 Å². The Balaban J connectivity index is 2.56. The first-order valence-corrected chi connectivity index (χ1v) is 4.74. The SMILES string of the molecule is C=C(N)C1([SiH3])CCCCO1. The highest BCUT2D eigenvalue weighted by atomic mass is 28.1. The Morgan fingerprint density at radius 2 is 2.30 bits per heavy atom. The van der Waals surface area contributed by atoms with E-state index in [0.717, 1.165) is 29.0 Å². The molecular formula is C7H15NOSi. The summed E-state index contributed by atoms with van der Waals surface area (Å²) in [6.45, 7) is 4.60. The third-order valence-corrected chi connectivity index (χ3v) is 3.58. The minimum absolute atomic E-state index is 0.0990. The molecule has 0 bridgehead atoms. The van der Waals surface area contributed by atoms with E-state index in [2.05, 4.69) is 6.58 Å². The van der Waals surface area contributed by atoms with E-state index in [1.165, 1.54) is 12.8 Å². The summed E-state index contributed by atoms with van der Waals surface area (Å²) in [7, 11) is 0.968. The Bertz CT molecular complexity index is 141. The lowest BCUT2D eigenvalue weighted by molar-refractivity contribution is 0.00694. The van der Waals surface area contributed by atoms with Gasteiger partial charge in [-0.15, -0.1) is 0 Å².